The lowest BCUT2D eigenvalue weighted by molar-refractivity contribution is 0.384. The summed E-state index contributed by atoms with van der Waals surface area (Å²) in [6, 6.07) is 14.5. The van der Waals surface area contributed by atoms with E-state index >= 15 is 0 Å². The molecule has 1 saturated heterocycles. The minimum absolute atomic E-state index is 0.291. The Kier molecular flexibility index (Phi) is 5.49. The molecule has 3 aromatic rings. The molecule has 8 nitrogen and oxygen atoms in total. The maximum Gasteiger partial charge on any atom is 0.243 e. The molecule has 1 aromatic heterocycles. The second-order valence-electron chi connectivity index (χ2n) is 7.97. The lowest BCUT2D eigenvalue weighted by Gasteiger charge is -2.35. The molecule has 1 aliphatic carbocycles. The number of fused-ring (bicyclic) bond motifs is 1. The topological polar surface area (TPSA) is 102 Å². The molecule has 0 amide bonds. The summed E-state index contributed by atoms with van der Waals surface area (Å²) < 4.78 is 28.4. The van der Waals surface area contributed by atoms with Crippen molar-refractivity contribution in [1.82, 2.24) is 14.3 Å². The van der Waals surface area contributed by atoms with Crippen LogP contribution >= 0.6 is 15.9 Å². The summed E-state index contributed by atoms with van der Waals surface area (Å²) >= 11 is 3.34. The number of piperazine rings is 1. The maximum atomic E-state index is 13.0. The van der Waals surface area contributed by atoms with Crippen LogP contribution in [-0.2, 0) is 10.0 Å². The summed E-state index contributed by atoms with van der Waals surface area (Å²) in [6.07, 6.45) is 2.21. The number of anilines is 2. The Morgan fingerprint density at radius 2 is 1.72 bits per heavy atom. The van der Waals surface area contributed by atoms with Gasteiger partial charge in [-0.1, -0.05) is 15.9 Å². The number of nitrogens with zero attached hydrogens (tertiary/aromatic N) is 5. The normalized spacial score (nSPS) is 17.3. The van der Waals surface area contributed by atoms with Gasteiger partial charge in [0.1, 0.15) is 0 Å². The van der Waals surface area contributed by atoms with Gasteiger partial charge in [-0.15, -0.1) is 0 Å². The van der Waals surface area contributed by atoms with Crippen molar-refractivity contribution >= 4 is 48.6 Å². The second kappa shape index (κ2) is 8.31. The lowest BCUT2D eigenvalue weighted by atomic mass is 10.2. The van der Waals surface area contributed by atoms with Crippen LogP contribution < -0.4 is 10.2 Å². The Balaban J connectivity index is 1.41. The molecule has 1 saturated carbocycles. The molecule has 0 unspecified atom stereocenters. The largest absolute Gasteiger partial charge is 0.364 e. The molecule has 0 atom stereocenters. The third kappa shape index (κ3) is 4.16. The average Bonchev–Trinajstić information content (AvgIpc) is 3.63. The van der Waals surface area contributed by atoms with E-state index in [0.29, 0.717) is 59.8 Å². The van der Waals surface area contributed by atoms with E-state index in [1.54, 1.807) is 36.4 Å². The molecule has 2 aliphatic rings. The zero-order chi connectivity index (χ0) is 22.3. The molecule has 0 bridgehead atoms. The standard InChI is InChI=1S/C22H21BrN6O2S/c23-16-2-6-18(7-3-16)32(30,31)29-11-9-28(10-12-29)22-21(25-17-4-5-17)26-19-8-1-15(14-24)13-20(19)27-22/h1-3,6-8,13,17H,4-5,9-12H2,(H,25,26). The van der Waals surface area contributed by atoms with Crippen LogP contribution in [0, 0.1) is 11.3 Å². The summed E-state index contributed by atoms with van der Waals surface area (Å²) in [7, 11) is -3.55. The molecule has 2 heterocycles. The first kappa shape index (κ1) is 21.1. The molecule has 2 aromatic carbocycles. The van der Waals surface area contributed by atoms with Gasteiger partial charge < -0.3 is 10.2 Å². The van der Waals surface area contributed by atoms with Gasteiger partial charge in [0.05, 0.1) is 27.6 Å². The second-order valence-corrected chi connectivity index (χ2v) is 10.8. The quantitative estimate of drug-likeness (QED) is 0.558. The van der Waals surface area contributed by atoms with Gasteiger partial charge >= 0.3 is 0 Å². The Morgan fingerprint density at radius 1 is 1.00 bits per heavy atom. The first-order valence-corrected chi connectivity index (χ1v) is 12.7. The molecule has 0 spiro atoms. The van der Waals surface area contributed by atoms with E-state index in [1.165, 1.54) is 4.31 Å². The van der Waals surface area contributed by atoms with Gasteiger partial charge in [-0.25, -0.2) is 18.4 Å². The van der Waals surface area contributed by atoms with Crippen molar-refractivity contribution in [2.75, 3.05) is 36.4 Å². The van der Waals surface area contributed by atoms with E-state index in [1.807, 2.05) is 6.07 Å². The van der Waals surface area contributed by atoms with Crippen molar-refractivity contribution in [3.05, 3.63) is 52.5 Å². The van der Waals surface area contributed by atoms with Crippen LogP contribution in [0.25, 0.3) is 11.0 Å². The molecule has 0 radical (unpaired) electrons. The number of hydrogen-bond donors (Lipinski definition) is 1. The molecule has 32 heavy (non-hydrogen) atoms. The molecular weight excluding hydrogens is 492 g/mol. The highest BCUT2D eigenvalue weighted by Gasteiger charge is 2.31. The summed E-state index contributed by atoms with van der Waals surface area (Å²) in [5.41, 5.74) is 1.92. The Morgan fingerprint density at radius 3 is 2.38 bits per heavy atom. The zero-order valence-corrected chi connectivity index (χ0v) is 19.6. The highest BCUT2D eigenvalue weighted by atomic mass is 79.9. The van der Waals surface area contributed by atoms with E-state index in [4.69, 9.17) is 9.97 Å². The number of sulfonamides is 1. The van der Waals surface area contributed by atoms with E-state index < -0.39 is 10.0 Å². The predicted octanol–water partition coefficient (Wildman–Crippen LogP) is 3.35. The molecule has 164 valence electrons. The minimum Gasteiger partial charge on any atom is -0.364 e. The number of benzene rings is 2. The molecular formula is C22H21BrN6O2S. The lowest BCUT2D eigenvalue weighted by Crippen LogP contribution is -2.49. The molecule has 10 heteroatoms. The van der Waals surface area contributed by atoms with Gasteiger partial charge in [-0.3, -0.25) is 0 Å². The Bertz CT molecular complexity index is 1310. The van der Waals surface area contributed by atoms with Crippen molar-refractivity contribution < 1.29 is 8.42 Å². The first-order valence-electron chi connectivity index (χ1n) is 10.4. The third-order valence-corrected chi connectivity index (χ3v) is 8.12. The summed E-state index contributed by atoms with van der Waals surface area (Å²) in [6.45, 7) is 1.74. The predicted molar refractivity (Wildman–Crippen MR) is 126 cm³/mol. The van der Waals surface area contributed by atoms with Crippen molar-refractivity contribution in [2.24, 2.45) is 0 Å². The molecule has 2 fully saturated rings. The van der Waals surface area contributed by atoms with Crippen LogP contribution in [-0.4, -0.2) is 54.9 Å². The molecule has 5 rings (SSSR count). The van der Waals surface area contributed by atoms with Gasteiger partial charge in [0.25, 0.3) is 0 Å². The number of hydrogen-bond acceptors (Lipinski definition) is 7. The highest BCUT2D eigenvalue weighted by molar-refractivity contribution is 9.10. The van der Waals surface area contributed by atoms with E-state index in [-0.39, 0.29) is 0 Å². The van der Waals surface area contributed by atoms with Crippen LogP contribution in [0.1, 0.15) is 18.4 Å². The van der Waals surface area contributed by atoms with Crippen LogP contribution in [0.15, 0.2) is 51.8 Å². The van der Waals surface area contributed by atoms with Crippen molar-refractivity contribution in [3.8, 4) is 6.07 Å². The van der Waals surface area contributed by atoms with Crippen LogP contribution in [0.5, 0.6) is 0 Å². The van der Waals surface area contributed by atoms with Gasteiger partial charge in [0.2, 0.25) is 10.0 Å². The van der Waals surface area contributed by atoms with Gasteiger partial charge in [0, 0.05) is 36.7 Å². The van der Waals surface area contributed by atoms with Crippen LogP contribution in [0.3, 0.4) is 0 Å². The highest BCUT2D eigenvalue weighted by Crippen LogP contribution is 2.32. The zero-order valence-electron chi connectivity index (χ0n) is 17.2. The SMILES string of the molecule is N#Cc1ccc2nc(NC3CC3)c(N3CCN(S(=O)(=O)c4ccc(Br)cc4)CC3)nc2c1. The Hall–Kier alpha value is -2.74. The molecule has 1 N–H and O–H groups in total. The van der Waals surface area contributed by atoms with Crippen molar-refractivity contribution in [2.45, 2.75) is 23.8 Å². The van der Waals surface area contributed by atoms with E-state index in [9.17, 15) is 13.7 Å². The van der Waals surface area contributed by atoms with E-state index in [2.05, 4.69) is 32.2 Å². The van der Waals surface area contributed by atoms with Crippen molar-refractivity contribution in [3.63, 3.8) is 0 Å². The fourth-order valence-electron chi connectivity index (χ4n) is 3.75. The van der Waals surface area contributed by atoms with Gasteiger partial charge in [-0.05, 0) is 55.3 Å². The summed E-state index contributed by atoms with van der Waals surface area (Å²) in [5.74, 6) is 1.43. The Labute approximate surface area is 195 Å². The number of rotatable bonds is 5. The smallest absolute Gasteiger partial charge is 0.243 e. The van der Waals surface area contributed by atoms with E-state index in [0.717, 1.165) is 22.8 Å². The fraction of sp³-hybridized carbons (Fsp3) is 0.318. The molecule has 1 aliphatic heterocycles. The summed E-state index contributed by atoms with van der Waals surface area (Å²) in [5, 5.41) is 12.7. The van der Waals surface area contributed by atoms with Gasteiger partial charge in [0.15, 0.2) is 11.6 Å². The first-order chi connectivity index (χ1) is 15.4. The van der Waals surface area contributed by atoms with Crippen LogP contribution in [0.4, 0.5) is 11.6 Å². The van der Waals surface area contributed by atoms with Crippen LogP contribution in [0.2, 0.25) is 0 Å². The number of nitrogens with one attached hydrogen (secondary N) is 1. The number of nitriles is 1. The minimum atomic E-state index is -3.55. The number of halogens is 1. The average molecular weight is 513 g/mol. The number of aromatic nitrogens is 2. The van der Waals surface area contributed by atoms with Crippen molar-refractivity contribution in [1.29, 1.82) is 5.26 Å². The third-order valence-electron chi connectivity index (χ3n) is 5.68. The summed E-state index contributed by atoms with van der Waals surface area (Å²) in [4.78, 5) is 12.0. The van der Waals surface area contributed by atoms with Gasteiger partial charge in [-0.2, -0.15) is 9.57 Å². The maximum absolute atomic E-state index is 13.0. The monoisotopic (exact) mass is 512 g/mol. The fourth-order valence-corrected chi connectivity index (χ4v) is 5.44.